The number of aromatic nitrogens is 2. The maximum atomic E-state index is 12.0. The number of carbonyl (C=O) groups excluding carboxylic acids is 2. The van der Waals surface area contributed by atoms with Crippen molar-refractivity contribution in [3.63, 3.8) is 0 Å². The quantitative estimate of drug-likeness (QED) is 0.611. The highest BCUT2D eigenvalue weighted by atomic mass is 32.1. The van der Waals surface area contributed by atoms with E-state index in [0.717, 1.165) is 16.3 Å². The molecule has 2 aromatic carbocycles. The first-order valence-corrected chi connectivity index (χ1v) is 9.54. The van der Waals surface area contributed by atoms with Gasteiger partial charge < -0.3 is 15.4 Å². The van der Waals surface area contributed by atoms with Crippen molar-refractivity contribution >= 4 is 28.3 Å². The number of amides is 2. The van der Waals surface area contributed by atoms with E-state index in [1.165, 1.54) is 11.3 Å². The first-order chi connectivity index (χ1) is 13.6. The van der Waals surface area contributed by atoms with Gasteiger partial charge in [-0.1, -0.05) is 41.7 Å². The van der Waals surface area contributed by atoms with Gasteiger partial charge in [-0.2, -0.15) is 0 Å². The molecule has 0 saturated heterocycles. The van der Waals surface area contributed by atoms with Crippen LogP contribution in [0.25, 0.3) is 0 Å². The highest BCUT2D eigenvalue weighted by Gasteiger charge is 2.10. The van der Waals surface area contributed by atoms with E-state index in [2.05, 4.69) is 20.8 Å². The molecule has 1 aromatic heterocycles. The summed E-state index contributed by atoms with van der Waals surface area (Å²) >= 11 is 1.33. The van der Waals surface area contributed by atoms with Gasteiger partial charge in [-0.15, -0.1) is 10.2 Å². The van der Waals surface area contributed by atoms with Gasteiger partial charge in [0.05, 0.1) is 7.11 Å². The average molecular weight is 396 g/mol. The van der Waals surface area contributed by atoms with Gasteiger partial charge in [-0.25, -0.2) is 0 Å². The minimum Gasteiger partial charge on any atom is -0.497 e. The van der Waals surface area contributed by atoms with Crippen molar-refractivity contribution in [3.05, 3.63) is 70.7 Å². The SMILES string of the molecule is COc1ccc(Cc2nnc(NC(=O)CCNC(=O)c3ccccc3)s2)cc1. The van der Waals surface area contributed by atoms with Crippen LogP contribution < -0.4 is 15.4 Å². The zero-order chi connectivity index (χ0) is 19.8. The van der Waals surface area contributed by atoms with Crippen molar-refractivity contribution in [3.8, 4) is 5.75 Å². The van der Waals surface area contributed by atoms with Crippen LogP contribution in [0.5, 0.6) is 5.75 Å². The highest BCUT2D eigenvalue weighted by molar-refractivity contribution is 7.15. The Kier molecular flexibility index (Phi) is 6.69. The fraction of sp³-hybridized carbons (Fsp3) is 0.200. The minimum absolute atomic E-state index is 0.159. The number of benzene rings is 2. The van der Waals surface area contributed by atoms with Crippen molar-refractivity contribution in [2.45, 2.75) is 12.8 Å². The topological polar surface area (TPSA) is 93.2 Å². The number of nitrogens with zero attached hydrogens (tertiary/aromatic N) is 2. The number of carbonyl (C=O) groups is 2. The van der Waals surface area contributed by atoms with Gasteiger partial charge in [0.1, 0.15) is 10.8 Å². The van der Waals surface area contributed by atoms with E-state index in [-0.39, 0.29) is 24.8 Å². The average Bonchev–Trinajstić information content (AvgIpc) is 3.15. The van der Waals surface area contributed by atoms with E-state index in [1.807, 2.05) is 30.3 Å². The van der Waals surface area contributed by atoms with Crippen LogP contribution in [-0.2, 0) is 11.2 Å². The lowest BCUT2D eigenvalue weighted by atomic mass is 10.1. The molecule has 1 heterocycles. The van der Waals surface area contributed by atoms with E-state index in [0.29, 0.717) is 17.1 Å². The monoisotopic (exact) mass is 396 g/mol. The number of anilines is 1. The second-order valence-electron chi connectivity index (χ2n) is 5.95. The van der Waals surface area contributed by atoms with Crippen molar-refractivity contribution in [1.29, 1.82) is 0 Å². The number of hydrogen-bond acceptors (Lipinski definition) is 6. The third-order valence-corrected chi connectivity index (χ3v) is 4.74. The molecule has 8 heteroatoms. The summed E-state index contributed by atoms with van der Waals surface area (Å²) in [6, 6.07) is 16.6. The van der Waals surface area contributed by atoms with E-state index in [4.69, 9.17) is 4.74 Å². The molecule has 0 unspecified atom stereocenters. The van der Waals surface area contributed by atoms with Crippen LogP contribution in [0.1, 0.15) is 27.3 Å². The lowest BCUT2D eigenvalue weighted by Gasteiger charge is -2.04. The van der Waals surface area contributed by atoms with Gasteiger partial charge in [-0.05, 0) is 29.8 Å². The fourth-order valence-electron chi connectivity index (χ4n) is 2.46. The Hall–Kier alpha value is -3.26. The normalized spacial score (nSPS) is 10.3. The summed E-state index contributed by atoms with van der Waals surface area (Å²) < 4.78 is 5.14. The molecular formula is C20H20N4O3S. The maximum Gasteiger partial charge on any atom is 0.251 e. The third kappa shape index (κ3) is 5.62. The molecule has 0 spiro atoms. The molecule has 2 N–H and O–H groups in total. The van der Waals surface area contributed by atoms with Crippen molar-refractivity contribution in [1.82, 2.24) is 15.5 Å². The molecule has 0 radical (unpaired) electrons. The summed E-state index contributed by atoms with van der Waals surface area (Å²) in [5, 5.41) is 14.8. The second kappa shape index (κ2) is 9.61. The largest absolute Gasteiger partial charge is 0.497 e. The molecule has 3 aromatic rings. The summed E-state index contributed by atoms with van der Waals surface area (Å²) in [4.78, 5) is 24.0. The fourth-order valence-corrected chi connectivity index (χ4v) is 3.25. The molecule has 0 bridgehead atoms. The Labute approximate surface area is 166 Å². The first kappa shape index (κ1) is 19.5. The summed E-state index contributed by atoms with van der Waals surface area (Å²) in [5.74, 6) is 0.375. The Morgan fingerprint density at radius 3 is 2.50 bits per heavy atom. The molecule has 0 saturated carbocycles. The Morgan fingerprint density at radius 1 is 1.04 bits per heavy atom. The standard InChI is InChI=1S/C20H20N4O3S/c1-27-16-9-7-14(8-10-16)13-18-23-24-20(28-18)22-17(25)11-12-21-19(26)15-5-3-2-4-6-15/h2-10H,11-13H2,1H3,(H,21,26)(H,22,24,25). The Morgan fingerprint density at radius 2 is 1.79 bits per heavy atom. The van der Waals surface area contributed by atoms with Crippen LogP contribution in [0, 0.1) is 0 Å². The van der Waals surface area contributed by atoms with Crippen molar-refractivity contribution in [2.24, 2.45) is 0 Å². The van der Waals surface area contributed by atoms with Gasteiger partial charge in [0.2, 0.25) is 11.0 Å². The van der Waals surface area contributed by atoms with Crippen LogP contribution in [0.4, 0.5) is 5.13 Å². The number of nitrogens with one attached hydrogen (secondary N) is 2. The van der Waals surface area contributed by atoms with E-state index < -0.39 is 0 Å². The molecular weight excluding hydrogens is 376 g/mol. The van der Waals surface area contributed by atoms with Crippen molar-refractivity contribution in [2.75, 3.05) is 19.0 Å². The summed E-state index contributed by atoms with van der Waals surface area (Å²) in [6.07, 6.45) is 0.788. The molecule has 144 valence electrons. The van der Waals surface area contributed by atoms with Crippen molar-refractivity contribution < 1.29 is 14.3 Å². The second-order valence-corrected chi connectivity index (χ2v) is 7.01. The van der Waals surface area contributed by atoms with E-state index >= 15 is 0 Å². The Bertz CT molecular complexity index is 926. The summed E-state index contributed by atoms with van der Waals surface area (Å²) in [7, 11) is 1.63. The molecule has 0 atom stereocenters. The molecule has 0 aliphatic carbocycles. The molecule has 0 aliphatic heterocycles. The minimum atomic E-state index is -0.222. The molecule has 3 rings (SSSR count). The smallest absolute Gasteiger partial charge is 0.251 e. The van der Waals surface area contributed by atoms with Crippen LogP contribution >= 0.6 is 11.3 Å². The molecule has 28 heavy (non-hydrogen) atoms. The van der Waals surface area contributed by atoms with Crippen LogP contribution in [0.3, 0.4) is 0 Å². The number of hydrogen-bond donors (Lipinski definition) is 2. The number of ether oxygens (including phenoxy) is 1. The van der Waals surface area contributed by atoms with Crippen LogP contribution in [0.2, 0.25) is 0 Å². The van der Waals surface area contributed by atoms with Crippen LogP contribution in [0.15, 0.2) is 54.6 Å². The molecule has 0 aliphatic rings. The van der Waals surface area contributed by atoms with E-state index in [1.54, 1.807) is 31.4 Å². The zero-order valence-corrected chi connectivity index (χ0v) is 16.2. The van der Waals surface area contributed by atoms with E-state index in [9.17, 15) is 9.59 Å². The maximum absolute atomic E-state index is 12.0. The Balaban J connectivity index is 1.43. The first-order valence-electron chi connectivity index (χ1n) is 8.72. The van der Waals surface area contributed by atoms with Crippen LogP contribution in [-0.4, -0.2) is 35.7 Å². The predicted molar refractivity (Wildman–Crippen MR) is 108 cm³/mol. The van der Waals surface area contributed by atoms with Gasteiger partial charge in [0, 0.05) is 24.9 Å². The lowest BCUT2D eigenvalue weighted by molar-refractivity contribution is -0.116. The van der Waals surface area contributed by atoms with Gasteiger partial charge in [-0.3, -0.25) is 9.59 Å². The lowest BCUT2D eigenvalue weighted by Crippen LogP contribution is -2.27. The molecule has 2 amide bonds. The summed E-state index contributed by atoms with van der Waals surface area (Å²) in [6.45, 7) is 0.247. The van der Waals surface area contributed by atoms with Gasteiger partial charge >= 0.3 is 0 Å². The number of rotatable bonds is 8. The third-order valence-electron chi connectivity index (χ3n) is 3.90. The predicted octanol–water partition coefficient (Wildman–Crippen LogP) is 2.90. The zero-order valence-electron chi connectivity index (χ0n) is 15.3. The molecule has 0 fully saturated rings. The number of methoxy groups -OCH3 is 1. The summed E-state index contributed by atoms with van der Waals surface area (Å²) in [5.41, 5.74) is 1.65. The van der Waals surface area contributed by atoms with Gasteiger partial charge in [0.15, 0.2) is 0 Å². The highest BCUT2D eigenvalue weighted by Crippen LogP contribution is 2.20. The van der Waals surface area contributed by atoms with Gasteiger partial charge in [0.25, 0.3) is 5.91 Å². The molecule has 7 nitrogen and oxygen atoms in total.